The smallest absolute Gasteiger partial charge is 0.256 e. The van der Waals surface area contributed by atoms with E-state index in [2.05, 4.69) is 43.9 Å². The summed E-state index contributed by atoms with van der Waals surface area (Å²) in [5, 5.41) is 0. The molecule has 2 aliphatic heterocycles. The molecule has 0 saturated carbocycles. The first-order valence-corrected chi connectivity index (χ1v) is 9.76. The average Bonchev–Trinajstić information content (AvgIpc) is 2.77. The molecule has 2 heterocycles. The third-order valence-corrected chi connectivity index (χ3v) is 5.61. The van der Waals surface area contributed by atoms with Crippen molar-refractivity contribution >= 4 is 5.91 Å². The van der Waals surface area contributed by atoms with Gasteiger partial charge in [-0.05, 0) is 51.7 Å². The third kappa shape index (κ3) is 3.89. The molecule has 1 unspecified atom stereocenters. The Bertz CT molecular complexity index is 646. The highest BCUT2D eigenvalue weighted by Crippen LogP contribution is 2.32. The fourth-order valence-electron chi connectivity index (χ4n) is 4.15. The molecule has 5 nitrogen and oxygen atoms in total. The minimum atomic E-state index is -0.684. The van der Waals surface area contributed by atoms with E-state index in [0.717, 1.165) is 50.2 Å². The number of rotatable bonds is 4. The van der Waals surface area contributed by atoms with E-state index in [1.165, 1.54) is 5.56 Å². The summed E-state index contributed by atoms with van der Waals surface area (Å²) in [5.41, 5.74) is 1.67. The lowest BCUT2D eigenvalue weighted by Gasteiger charge is -2.43. The van der Waals surface area contributed by atoms with Gasteiger partial charge in [-0.3, -0.25) is 9.69 Å². The molecular formula is C21H32N2O3. The van der Waals surface area contributed by atoms with Crippen LogP contribution in [0.25, 0.3) is 0 Å². The number of methoxy groups -OCH3 is 1. The molecular weight excluding hydrogens is 328 g/mol. The quantitative estimate of drug-likeness (QED) is 0.828. The minimum absolute atomic E-state index is 0.172. The monoisotopic (exact) mass is 360 g/mol. The topological polar surface area (TPSA) is 42.0 Å². The maximum absolute atomic E-state index is 13.3. The molecule has 5 heteroatoms. The second-order valence-corrected chi connectivity index (χ2v) is 7.92. The Morgan fingerprint density at radius 2 is 2.08 bits per heavy atom. The Balaban J connectivity index is 1.79. The highest BCUT2D eigenvalue weighted by molar-refractivity contribution is 5.86. The standard InChI is InChI=1S/C21H32N2O3/c1-16(2)23-10-6-5-9-21(20(23)24)15-22(11-12-26-21)14-18-8-7-17(3)13-19(18)25-4/h7-8,13,16H,5-6,9-12,14-15H2,1-4H3. The van der Waals surface area contributed by atoms with Gasteiger partial charge in [-0.15, -0.1) is 0 Å². The van der Waals surface area contributed by atoms with E-state index in [9.17, 15) is 4.79 Å². The van der Waals surface area contributed by atoms with Crippen molar-refractivity contribution in [3.8, 4) is 5.75 Å². The van der Waals surface area contributed by atoms with Crippen LogP contribution < -0.4 is 4.74 Å². The van der Waals surface area contributed by atoms with Crippen LogP contribution >= 0.6 is 0 Å². The van der Waals surface area contributed by atoms with Gasteiger partial charge in [0.25, 0.3) is 5.91 Å². The van der Waals surface area contributed by atoms with Crippen molar-refractivity contribution in [3.63, 3.8) is 0 Å². The van der Waals surface area contributed by atoms with Crippen LogP contribution in [0.1, 0.15) is 44.2 Å². The number of carbonyl (C=O) groups excluding carboxylic acids is 1. The lowest BCUT2D eigenvalue weighted by Crippen LogP contribution is -2.60. The van der Waals surface area contributed by atoms with Crippen molar-refractivity contribution in [2.24, 2.45) is 0 Å². The number of hydrogen-bond donors (Lipinski definition) is 0. The van der Waals surface area contributed by atoms with Gasteiger partial charge >= 0.3 is 0 Å². The maximum atomic E-state index is 13.3. The normalized spacial score (nSPS) is 25.0. The van der Waals surface area contributed by atoms with Crippen molar-refractivity contribution in [1.29, 1.82) is 0 Å². The van der Waals surface area contributed by atoms with E-state index >= 15 is 0 Å². The van der Waals surface area contributed by atoms with Gasteiger partial charge in [-0.2, -0.15) is 0 Å². The fraction of sp³-hybridized carbons (Fsp3) is 0.667. The molecule has 144 valence electrons. The van der Waals surface area contributed by atoms with Crippen molar-refractivity contribution in [2.75, 3.05) is 33.4 Å². The summed E-state index contributed by atoms with van der Waals surface area (Å²) in [6.07, 6.45) is 2.91. The van der Waals surface area contributed by atoms with Crippen LogP contribution in [0.4, 0.5) is 0 Å². The molecule has 1 aromatic carbocycles. The summed E-state index contributed by atoms with van der Waals surface area (Å²) in [4.78, 5) is 17.6. The molecule has 1 atom stereocenters. The summed E-state index contributed by atoms with van der Waals surface area (Å²) in [7, 11) is 1.72. The number of morpholine rings is 1. The lowest BCUT2D eigenvalue weighted by molar-refractivity contribution is -0.172. The number of carbonyl (C=O) groups is 1. The van der Waals surface area contributed by atoms with Gasteiger partial charge < -0.3 is 14.4 Å². The number of aryl methyl sites for hydroxylation is 1. The molecule has 1 aromatic rings. The first kappa shape index (κ1) is 19.2. The molecule has 2 fully saturated rings. The number of ether oxygens (including phenoxy) is 2. The Morgan fingerprint density at radius 3 is 2.81 bits per heavy atom. The van der Waals surface area contributed by atoms with E-state index < -0.39 is 5.60 Å². The van der Waals surface area contributed by atoms with Gasteiger partial charge in [0.15, 0.2) is 5.60 Å². The van der Waals surface area contributed by atoms with Gasteiger partial charge in [-0.25, -0.2) is 0 Å². The molecule has 0 aliphatic carbocycles. The first-order chi connectivity index (χ1) is 12.4. The van der Waals surface area contributed by atoms with Crippen molar-refractivity contribution < 1.29 is 14.3 Å². The van der Waals surface area contributed by atoms with E-state index in [0.29, 0.717) is 13.2 Å². The third-order valence-electron chi connectivity index (χ3n) is 5.61. The van der Waals surface area contributed by atoms with Crippen LogP contribution in [0.3, 0.4) is 0 Å². The average molecular weight is 360 g/mol. The van der Waals surface area contributed by atoms with Gasteiger partial charge in [0.1, 0.15) is 5.75 Å². The summed E-state index contributed by atoms with van der Waals surface area (Å²) >= 11 is 0. The van der Waals surface area contributed by atoms with Crippen LogP contribution in [0.5, 0.6) is 5.75 Å². The Morgan fingerprint density at radius 1 is 1.27 bits per heavy atom. The number of hydrogen-bond acceptors (Lipinski definition) is 4. The number of nitrogens with zero attached hydrogens (tertiary/aromatic N) is 2. The Kier molecular flexibility index (Phi) is 5.88. The molecule has 26 heavy (non-hydrogen) atoms. The molecule has 0 aromatic heterocycles. The highest BCUT2D eigenvalue weighted by Gasteiger charge is 2.47. The Hall–Kier alpha value is -1.59. The van der Waals surface area contributed by atoms with Crippen molar-refractivity contribution in [3.05, 3.63) is 29.3 Å². The van der Waals surface area contributed by atoms with Crippen LogP contribution in [-0.4, -0.2) is 60.7 Å². The second-order valence-electron chi connectivity index (χ2n) is 7.92. The zero-order valence-corrected chi connectivity index (χ0v) is 16.6. The van der Waals surface area contributed by atoms with Crippen LogP contribution in [0.2, 0.25) is 0 Å². The highest BCUT2D eigenvalue weighted by atomic mass is 16.5. The number of benzene rings is 1. The zero-order valence-electron chi connectivity index (χ0n) is 16.6. The van der Waals surface area contributed by atoms with Gasteiger partial charge in [0.2, 0.25) is 0 Å². The molecule has 1 amide bonds. The van der Waals surface area contributed by atoms with Gasteiger partial charge in [-0.1, -0.05) is 12.1 Å². The molecule has 2 aliphatic rings. The second kappa shape index (κ2) is 7.97. The molecule has 2 saturated heterocycles. The first-order valence-electron chi connectivity index (χ1n) is 9.76. The van der Waals surface area contributed by atoms with Crippen molar-refractivity contribution in [2.45, 2.75) is 58.2 Å². The number of likely N-dealkylation sites (tertiary alicyclic amines) is 1. The fourth-order valence-corrected chi connectivity index (χ4v) is 4.15. The van der Waals surface area contributed by atoms with Crippen LogP contribution in [0.15, 0.2) is 18.2 Å². The maximum Gasteiger partial charge on any atom is 0.256 e. The number of amides is 1. The molecule has 3 rings (SSSR count). The summed E-state index contributed by atoms with van der Waals surface area (Å²) in [6.45, 7) is 9.98. The van der Waals surface area contributed by atoms with Gasteiger partial charge in [0, 0.05) is 37.8 Å². The molecule has 0 radical (unpaired) electrons. The van der Waals surface area contributed by atoms with Gasteiger partial charge in [0.05, 0.1) is 13.7 Å². The minimum Gasteiger partial charge on any atom is -0.496 e. The SMILES string of the molecule is COc1cc(C)ccc1CN1CCOC2(CCCCN(C(C)C)C2=O)C1. The van der Waals surface area contributed by atoms with E-state index in [1.807, 2.05) is 4.90 Å². The van der Waals surface area contributed by atoms with Crippen LogP contribution in [0, 0.1) is 6.92 Å². The molecule has 0 N–H and O–H groups in total. The van der Waals surface area contributed by atoms with E-state index in [1.54, 1.807) is 7.11 Å². The zero-order chi connectivity index (χ0) is 18.7. The summed E-state index contributed by atoms with van der Waals surface area (Å²) in [5.74, 6) is 1.09. The molecule has 1 spiro atoms. The largest absolute Gasteiger partial charge is 0.496 e. The summed E-state index contributed by atoms with van der Waals surface area (Å²) < 4.78 is 11.7. The lowest BCUT2D eigenvalue weighted by atomic mass is 9.93. The summed E-state index contributed by atoms with van der Waals surface area (Å²) in [6, 6.07) is 6.54. The molecule has 0 bridgehead atoms. The Labute approximate surface area is 157 Å². The van der Waals surface area contributed by atoms with E-state index in [4.69, 9.17) is 9.47 Å². The predicted molar refractivity (Wildman–Crippen MR) is 102 cm³/mol. The van der Waals surface area contributed by atoms with E-state index in [-0.39, 0.29) is 11.9 Å². The predicted octanol–water partition coefficient (Wildman–Crippen LogP) is 3.00. The van der Waals surface area contributed by atoms with Crippen molar-refractivity contribution in [1.82, 2.24) is 9.80 Å². The van der Waals surface area contributed by atoms with Crippen LogP contribution in [-0.2, 0) is 16.1 Å².